The molecule has 2 aromatic carbocycles. The summed E-state index contributed by atoms with van der Waals surface area (Å²) < 4.78 is 5.94. The highest BCUT2D eigenvalue weighted by Gasteiger charge is 2.07. The van der Waals surface area contributed by atoms with Gasteiger partial charge in [0.1, 0.15) is 11.2 Å². The highest BCUT2D eigenvalue weighted by Crippen LogP contribution is 2.31. The van der Waals surface area contributed by atoms with Crippen molar-refractivity contribution in [1.29, 1.82) is 0 Å². The minimum Gasteiger partial charge on any atom is -0.455 e. The number of thiol groups is 1. The highest BCUT2D eigenvalue weighted by molar-refractivity contribution is 7.80. The summed E-state index contributed by atoms with van der Waals surface area (Å²) in [6, 6.07) is 14.4. The summed E-state index contributed by atoms with van der Waals surface area (Å²) in [6.07, 6.45) is 5.22. The van der Waals surface area contributed by atoms with Crippen LogP contribution < -0.4 is 0 Å². The molecule has 18 heavy (non-hydrogen) atoms. The summed E-state index contributed by atoms with van der Waals surface area (Å²) in [5, 5.41) is 2.36. The summed E-state index contributed by atoms with van der Waals surface area (Å²) in [6.45, 7) is 0. The third-order valence-corrected chi connectivity index (χ3v) is 3.29. The van der Waals surface area contributed by atoms with E-state index >= 15 is 0 Å². The quantitative estimate of drug-likeness (QED) is 0.655. The third-order valence-electron chi connectivity index (χ3n) is 3.03. The summed E-state index contributed by atoms with van der Waals surface area (Å²) in [4.78, 5) is 0. The zero-order valence-electron chi connectivity index (χ0n) is 9.97. The van der Waals surface area contributed by atoms with Crippen LogP contribution >= 0.6 is 12.6 Å². The van der Waals surface area contributed by atoms with E-state index in [1.54, 1.807) is 0 Å². The molecule has 0 spiro atoms. The molecular formula is C16H14OS. The zero-order valence-corrected chi connectivity index (χ0v) is 10.9. The summed E-state index contributed by atoms with van der Waals surface area (Å²) in [7, 11) is 0. The topological polar surface area (TPSA) is 13.1 Å². The van der Waals surface area contributed by atoms with Crippen molar-refractivity contribution in [3.63, 3.8) is 0 Å². The molecule has 0 unspecified atom stereocenters. The lowest BCUT2D eigenvalue weighted by molar-refractivity contribution is 0.668. The molecule has 0 aliphatic rings. The first-order valence-corrected chi connectivity index (χ1v) is 6.71. The Hall–Kier alpha value is -1.67. The lowest BCUT2D eigenvalue weighted by Gasteiger charge is -1.95. The molecule has 3 aromatic rings. The molecule has 1 aromatic heterocycles. The number of hydrogen-bond donors (Lipinski definition) is 1. The van der Waals surface area contributed by atoms with Crippen molar-refractivity contribution < 1.29 is 4.42 Å². The number of allylic oxidation sites excluding steroid dienone is 1. The summed E-state index contributed by atoms with van der Waals surface area (Å²) >= 11 is 4.21. The predicted octanol–water partition coefficient (Wildman–Crippen LogP) is 4.92. The van der Waals surface area contributed by atoms with E-state index in [2.05, 4.69) is 49.0 Å². The molecule has 0 radical (unpaired) electrons. The number of para-hydroxylation sites is 2. The Morgan fingerprint density at radius 1 is 1.00 bits per heavy atom. The fourth-order valence-corrected chi connectivity index (χ4v) is 2.33. The molecule has 0 saturated carbocycles. The van der Waals surface area contributed by atoms with E-state index in [0.29, 0.717) is 0 Å². The summed E-state index contributed by atoms with van der Waals surface area (Å²) in [5.41, 5.74) is 3.04. The molecule has 0 aliphatic carbocycles. The maximum Gasteiger partial charge on any atom is 0.142 e. The Bertz CT molecular complexity index is 709. The second kappa shape index (κ2) is 4.91. The molecule has 3 rings (SSSR count). The van der Waals surface area contributed by atoms with E-state index in [1.807, 2.05) is 18.2 Å². The number of hydrogen-bond acceptors (Lipinski definition) is 2. The van der Waals surface area contributed by atoms with Gasteiger partial charge in [-0.05, 0) is 18.2 Å². The first-order valence-electron chi connectivity index (χ1n) is 6.08. The van der Waals surface area contributed by atoms with Crippen molar-refractivity contribution in [2.45, 2.75) is 6.42 Å². The van der Waals surface area contributed by atoms with E-state index in [4.69, 9.17) is 4.42 Å². The van der Waals surface area contributed by atoms with E-state index in [9.17, 15) is 0 Å². The number of rotatable bonds is 3. The van der Waals surface area contributed by atoms with Crippen molar-refractivity contribution in [2.75, 3.05) is 5.75 Å². The summed E-state index contributed by atoms with van der Waals surface area (Å²) in [5.74, 6) is 0.868. The number of fused-ring (bicyclic) bond motifs is 3. The van der Waals surface area contributed by atoms with Gasteiger partial charge in [0.25, 0.3) is 0 Å². The van der Waals surface area contributed by atoms with Gasteiger partial charge in [-0.2, -0.15) is 12.6 Å². The van der Waals surface area contributed by atoms with E-state index in [1.165, 1.54) is 10.8 Å². The first-order chi connectivity index (χ1) is 8.90. The molecular weight excluding hydrogens is 240 g/mol. The monoisotopic (exact) mass is 254 g/mol. The van der Waals surface area contributed by atoms with Crippen LogP contribution in [0.3, 0.4) is 0 Å². The smallest absolute Gasteiger partial charge is 0.142 e. The van der Waals surface area contributed by atoms with Gasteiger partial charge in [0.15, 0.2) is 0 Å². The molecule has 90 valence electrons. The standard InChI is InChI=1S/C16H14OS/c18-11-4-3-6-12-7-5-9-14-13-8-1-2-10-15(13)17-16(12)14/h1-3,5-10,18H,4,11H2. The van der Waals surface area contributed by atoms with Crippen LogP contribution in [0.25, 0.3) is 28.0 Å². The molecule has 1 nitrogen and oxygen atoms in total. The first kappa shape index (κ1) is 11.4. The van der Waals surface area contributed by atoms with Gasteiger partial charge in [-0.25, -0.2) is 0 Å². The fraction of sp³-hybridized carbons (Fsp3) is 0.125. The van der Waals surface area contributed by atoms with Crippen LogP contribution in [0.5, 0.6) is 0 Å². The van der Waals surface area contributed by atoms with Crippen molar-refractivity contribution in [3.05, 3.63) is 54.1 Å². The van der Waals surface area contributed by atoms with Crippen LogP contribution in [-0.2, 0) is 0 Å². The Morgan fingerprint density at radius 2 is 1.83 bits per heavy atom. The van der Waals surface area contributed by atoms with Crippen LogP contribution in [0, 0.1) is 0 Å². The Labute approximate surface area is 112 Å². The second-order valence-electron chi connectivity index (χ2n) is 4.24. The van der Waals surface area contributed by atoms with Gasteiger partial charge in [-0.1, -0.05) is 48.6 Å². The molecule has 0 N–H and O–H groups in total. The van der Waals surface area contributed by atoms with E-state index in [0.717, 1.165) is 28.9 Å². The van der Waals surface area contributed by atoms with Gasteiger partial charge in [0.2, 0.25) is 0 Å². The molecule has 0 aliphatic heterocycles. The highest BCUT2D eigenvalue weighted by atomic mass is 32.1. The van der Waals surface area contributed by atoms with Gasteiger partial charge < -0.3 is 4.42 Å². The van der Waals surface area contributed by atoms with Crippen LogP contribution in [0.1, 0.15) is 12.0 Å². The third kappa shape index (κ3) is 1.93. The number of benzene rings is 2. The normalized spacial score (nSPS) is 11.8. The van der Waals surface area contributed by atoms with Crippen LogP contribution in [-0.4, -0.2) is 5.75 Å². The zero-order chi connectivity index (χ0) is 12.4. The molecule has 0 amide bonds. The Kier molecular flexibility index (Phi) is 3.11. The van der Waals surface area contributed by atoms with E-state index < -0.39 is 0 Å². The largest absolute Gasteiger partial charge is 0.455 e. The van der Waals surface area contributed by atoms with Crippen LogP contribution in [0.15, 0.2) is 53.0 Å². The lowest BCUT2D eigenvalue weighted by Crippen LogP contribution is -1.74. The molecule has 0 atom stereocenters. The molecule has 0 fully saturated rings. The Morgan fingerprint density at radius 3 is 2.72 bits per heavy atom. The molecule has 2 heteroatoms. The van der Waals surface area contributed by atoms with Crippen LogP contribution in [0.2, 0.25) is 0 Å². The average Bonchev–Trinajstić information content (AvgIpc) is 2.79. The van der Waals surface area contributed by atoms with Crippen LogP contribution in [0.4, 0.5) is 0 Å². The van der Waals surface area contributed by atoms with Gasteiger partial charge in [-0.3, -0.25) is 0 Å². The maximum absolute atomic E-state index is 5.94. The van der Waals surface area contributed by atoms with Gasteiger partial charge in [0, 0.05) is 16.3 Å². The van der Waals surface area contributed by atoms with Crippen molar-refractivity contribution in [2.24, 2.45) is 0 Å². The minimum absolute atomic E-state index is 0.868. The lowest BCUT2D eigenvalue weighted by atomic mass is 10.1. The van der Waals surface area contributed by atoms with E-state index in [-0.39, 0.29) is 0 Å². The maximum atomic E-state index is 5.94. The van der Waals surface area contributed by atoms with Crippen molar-refractivity contribution >= 4 is 40.6 Å². The van der Waals surface area contributed by atoms with Crippen molar-refractivity contribution in [3.8, 4) is 0 Å². The predicted molar refractivity (Wildman–Crippen MR) is 81.2 cm³/mol. The molecule has 0 bridgehead atoms. The van der Waals surface area contributed by atoms with Crippen molar-refractivity contribution in [1.82, 2.24) is 0 Å². The van der Waals surface area contributed by atoms with Gasteiger partial charge in [-0.15, -0.1) is 0 Å². The average molecular weight is 254 g/mol. The molecule has 0 saturated heterocycles. The minimum atomic E-state index is 0.868. The second-order valence-corrected chi connectivity index (χ2v) is 4.68. The SMILES string of the molecule is SCCC=Cc1cccc2c1oc1ccccc12. The number of furan rings is 1. The Balaban J connectivity index is 2.21. The van der Waals surface area contributed by atoms with Gasteiger partial charge >= 0.3 is 0 Å². The van der Waals surface area contributed by atoms with Gasteiger partial charge in [0.05, 0.1) is 0 Å². The molecule has 1 heterocycles. The fourth-order valence-electron chi connectivity index (χ4n) is 2.19.